The number of nitrogens with one attached hydrogen (secondary N) is 1. The zero-order valence-electron chi connectivity index (χ0n) is 11.0. The number of rotatable bonds is 6. The number of hydrogen-bond acceptors (Lipinski definition) is 6. The molecule has 0 atom stereocenters. The van der Waals surface area contributed by atoms with Crippen molar-refractivity contribution in [2.24, 2.45) is 5.84 Å². The molecule has 7 heteroatoms. The molecule has 0 fully saturated rings. The minimum atomic E-state index is -0.386. The molecule has 1 heterocycles. The van der Waals surface area contributed by atoms with E-state index in [4.69, 9.17) is 15.3 Å². The number of nitrogens with zero attached hydrogens (tertiary/aromatic N) is 2. The number of ether oxygens (including phenoxy) is 2. The Kier molecular flexibility index (Phi) is 4.80. The first-order valence-corrected chi connectivity index (χ1v) is 6.07. The van der Waals surface area contributed by atoms with Crippen LogP contribution in [0.5, 0.6) is 11.6 Å². The monoisotopic (exact) mass is 278 g/mol. The van der Waals surface area contributed by atoms with Crippen molar-refractivity contribution in [2.75, 3.05) is 12.0 Å². The lowest BCUT2D eigenvalue weighted by Gasteiger charge is -2.09. The van der Waals surface area contributed by atoms with E-state index in [1.165, 1.54) is 18.2 Å². The van der Waals surface area contributed by atoms with Gasteiger partial charge < -0.3 is 14.9 Å². The quantitative estimate of drug-likeness (QED) is 0.623. The van der Waals surface area contributed by atoms with E-state index in [0.717, 1.165) is 0 Å². The molecule has 2 aromatic rings. The van der Waals surface area contributed by atoms with E-state index >= 15 is 0 Å². The standard InChI is InChI=1S/C13H15FN4O2/c1-2-19-8-12-16-11(18-15)7-13(17-12)20-10-5-3-4-9(14)6-10/h3-7H,2,8,15H2,1H3,(H,16,17,18). The highest BCUT2D eigenvalue weighted by atomic mass is 19.1. The molecular weight excluding hydrogens is 263 g/mol. The Morgan fingerprint density at radius 3 is 2.85 bits per heavy atom. The third-order valence-electron chi connectivity index (χ3n) is 2.35. The van der Waals surface area contributed by atoms with E-state index in [1.54, 1.807) is 12.1 Å². The van der Waals surface area contributed by atoms with Gasteiger partial charge in [0.15, 0.2) is 5.82 Å². The van der Waals surface area contributed by atoms with Gasteiger partial charge in [-0.2, -0.15) is 4.98 Å². The van der Waals surface area contributed by atoms with Crippen molar-refractivity contribution in [3.05, 3.63) is 42.0 Å². The average molecular weight is 278 g/mol. The first kappa shape index (κ1) is 14.2. The molecule has 106 valence electrons. The van der Waals surface area contributed by atoms with Gasteiger partial charge >= 0.3 is 0 Å². The Labute approximate surface area is 115 Å². The Bertz CT molecular complexity index is 580. The smallest absolute Gasteiger partial charge is 0.224 e. The maximum absolute atomic E-state index is 13.1. The van der Waals surface area contributed by atoms with Gasteiger partial charge in [0, 0.05) is 18.7 Å². The lowest BCUT2D eigenvalue weighted by atomic mass is 10.3. The van der Waals surface area contributed by atoms with Crippen molar-refractivity contribution in [3.63, 3.8) is 0 Å². The predicted octanol–water partition coefficient (Wildman–Crippen LogP) is 2.23. The van der Waals surface area contributed by atoms with E-state index in [-0.39, 0.29) is 18.3 Å². The lowest BCUT2D eigenvalue weighted by molar-refractivity contribution is 0.128. The van der Waals surface area contributed by atoms with Crippen molar-refractivity contribution in [1.82, 2.24) is 9.97 Å². The molecule has 1 aromatic carbocycles. The maximum atomic E-state index is 13.1. The van der Waals surface area contributed by atoms with Crippen molar-refractivity contribution in [2.45, 2.75) is 13.5 Å². The average Bonchev–Trinajstić information content (AvgIpc) is 2.45. The maximum Gasteiger partial charge on any atom is 0.224 e. The fraction of sp³-hybridized carbons (Fsp3) is 0.231. The number of hydrogen-bond donors (Lipinski definition) is 2. The van der Waals surface area contributed by atoms with Crippen molar-refractivity contribution in [1.29, 1.82) is 0 Å². The Balaban J connectivity index is 2.21. The molecule has 0 aliphatic heterocycles. The largest absolute Gasteiger partial charge is 0.439 e. The van der Waals surface area contributed by atoms with Crippen molar-refractivity contribution < 1.29 is 13.9 Å². The van der Waals surface area contributed by atoms with E-state index in [2.05, 4.69) is 15.4 Å². The Morgan fingerprint density at radius 1 is 1.30 bits per heavy atom. The van der Waals surface area contributed by atoms with Crippen LogP contribution in [0.3, 0.4) is 0 Å². The summed E-state index contributed by atoms with van der Waals surface area (Å²) in [5.41, 5.74) is 2.42. The van der Waals surface area contributed by atoms with Crippen LogP contribution in [0.15, 0.2) is 30.3 Å². The van der Waals surface area contributed by atoms with Gasteiger partial charge in [0.25, 0.3) is 0 Å². The Hall–Kier alpha value is -2.25. The first-order chi connectivity index (χ1) is 9.71. The van der Waals surface area contributed by atoms with Crippen LogP contribution in [-0.2, 0) is 11.3 Å². The molecule has 3 N–H and O–H groups in total. The molecule has 0 spiro atoms. The van der Waals surface area contributed by atoms with Gasteiger partial charge in [-0.3, -0.25) is 0 Å². The van der Waals surface area contributed by atoms with Crippen molar-refractivity contribution in [3.8, 4) is 11.6 Å². The molecule has 0 saturated heterocycles. The molecule has 2 rings (SSSR count). The zero-order chi connectivity index (χ0) is 14.4. The van der Waals surface area contributed by atoms with Crippen LogP contribution in [0.2, 0.25) is 0 Å². The number of halogens is 1. The van der Waals surface area contributed by atoms with Gasteiger partial charge in [0.1, 0.15) is 24.0 Å². The van der Waals surface area contributed by atoms with Gasteiger partial charge in [0.2, 0.25) is 5.88 Å². The summed E-state index contributed by atoms with van der Waals surface area (Å²) in [5.74, 6) is 6.37. The summed E-state index contributed by atoms with van der Waals surface area (Å²) in [6.45, 7) is 2.66. The molecule has 0 aliphatic rings. The molecule has 1 aromatic heterocycles. The van der Waals surface area contributed by atoms with Crippen LogP contribution in [0.4, 0.5) is 10.2 Å². The molecule has 0 saturated carbocycles. The summed E-state index contributed by atoms with van der Waals surface area (Å²) in [4.78, 5) is 8.29. The Morgan fingerprint density at radius 2 is 2.15 bits per heavy atom. The molecule has 0 amide bonds. The van der Waals surface area contributed by atoms with Gasteiger partial charge in [-0.15, -0.1) is 0 Å². The topological polar surface area (TPSA) is 82.3 Å². The van der Waals surface area contributed by atoms with Gasteiger partial charge in [0.05, 0.1) is 0 Å². The molecule has 0 bridgehead atoms. The second-order valence-electron chi connectivity index (χ2n) is 3.85. The minimum absolute atomic E-state index is 0.242. The van der Waals surface area contributed by atoms with Crippen LogP contribution >= 0.6 is 0 Å². The minimum Gasteiger partial charge on any atom is -0.439 e. The molecule has 6 nitrogen and oxygen atoms in total. The number of hydrazine groups is 1. The second-order valence-corrected chi connectivity index (χ2v) is 3.85. The SMILES string of the molecule is CCOCc1nc(NN)cc(Oc2cccc(F)c2)n1. The highest BCUT2D eigenvalue weighted by molar-refractivity contribution is 5.38. The number of benzene rings is 1. The van der Waals surface area contributed by atoms with Crippen LogP contribution in [0.25, 0.3) is 0 Å². The highest BCUT2D eigenvalue weighted by Gasteiger charge is 2.07. The van der Waals surface area contributed by atoms with Crippen LogP contribution < -0.4 is 16.0 Å². The molecule has 0 aliphatic carbocycles. The highest BCUT2D eigenvalue weighted by Crippen LogP contribution is 2.22. The van der Waals surface area contributed by atoms with Gasteiger partial charge in [-0.25, -0.2) is 15.2 Å². The molecule has 20 heavy (non-hydrogen) atoms. The normalized spacial score (nSPS) is 10.3. The summed E-state index contributed by atoms with van der Waals surface area (Å²) in [6, 6.07) is 7.29. The van der Waals surface area contributed by atoms with E-state index in [9.17, 15) is 4.39 Å². The number of nitrogens with two attached hydrogens (primary N) is 1. The van der Waals surface area contributed by atoms with Crippen molar-refractivity contribution >= 4 is 5.82 Å². The summed E-state index contributed by atoms with van der Waals surface area (Å²) in [6.07, 6.45) is 0. The van der Waals surface area contributed by atoms with E-state index in [0.29, 0.717) is 24.0 Å². The first-order valence-electron chi connectivity index (χ1n) is 6.07. The lowest BCUT2D eigenvalue weighted by Crippen LogP contribution is -2.11. The van der Waals surface area contributed by atoms with Gasteiger partial charge in [-0.05, 0) is 19.1 Å². The molecular formula is C13H15FN4O2. The van der Waals surface area contributed by atoms with Crippen LogP contribution in [0, 0.1) is 5.82 Å². The molecule has 0 radical (unpaired) electrons. The summed E-state index contributed by atoms with van der Waals surface area (Å²) in [5, 5.41) is 0. The van der Waals surface area contributed by atoms with E-state index in [1.807, 2.05) is 6.92 Å². The number of nitrogen functional groups attached to an aromatic ring is 1. The van der Waals surface area contributed by atoms with Gasteiger partial charge in [-0.1, -0.05) is 6.07 Å². The van der Waals surface area contributed by atoms with Crippen LogP contribution in [-0.4, -0.2) is 16.6 Å². The summed E-state index contributed by atoms with van der Waals surface area (Å²) >= 11 is 0. The summed E-state index contributed by atoms with van der Waals surface area (Å²) < 4.78 is 23.8. The summed E-state index contributed by atoms with van der Waals surface area (Å²) in [7, 11) is 0. The fourth-order valence-electron chi connectivity index (χ4n) is 1.51. The third-order valence-corrected chi connectivity index (χ3v) is 2.35. The zero-order valence-corrected chi connectivity index (χ0v) is 11.0. The third kappa shape index (κ3) is 3.87. The fourth-order valence-corrected chi connectivity index (χ4v) is 1.51. The van der Waals surface area contributed by atoms with E-state index < -0.39 is 0 Å². The predicted molar refractivity (Wildman–Crippen MR) is 71.6 cm³/mol. The molecule has 0 unspecified atom stereocenters. The number of anilines is 1. The van der Waals surface area contributed by atoms with Crippen LogP contribution in [0.1, 0.15) is 12.7 Å². The second kappa shape index (κ2) is 6.78. The number of aromatic nitrogens is 2.